The Balaban J connectivity index is 1.50. The number of rotatable bonds is 6. The van der Waals surface area contributed by atoms with Crippen molar-refractivity contribution in [2.75, 3.05) is 5.43 Å². The Morgan fingerprint density at radius 3 is 2.57 bits per heavy atom. The van der Waals surface area contributed by atoms with Crippen molar-refractivity contribution in [2.24, 2.45) is 0 Å². The van der Waals surface area contributed by atoms with Crippen LogP contribution in [0.4, 0.5) is 0 Å². The summed E-state index contributed by atoms with van der Waals surface area (Å²) in [6.45, 7) is 2.19. The lowest BCUT2D eigenvalue weighted by atomic mass is 10.1. The Morgan fingerprint density at radius 2 is 1.86 bits per heavy atom. The molecule has 0 radical (unpaired) electrons. The fourth-order valence-corrected chi connectivity index (χ4v) is 3.05. The molecular weight excluding hydrogens is 374 g/mol. The van der Waals surface area contributed by atoms with Crippen molar-refractivity contribution in [3.05, 3.63) is 77.0 Å². The summed E-state index contributed by atoms with van der Waals surface area (Å²) < 4.78 is 8.12. The first-order valence-corrected chi connectivity index (χ1v) is 9.21. The molecule has 4 rings (SSSR count). The fourth-order valence-electron chi connectivity index (χ4n) is 2.85. The van der Waals surface area contributed by atoms with Gasteiger partial charge in [-0.3, -0.25) is 4.98 Å². The number of aromatic nitrogens is 4. The molecule has 3 N–H and O–H groups in total. The van der Waals surface area contributed by atoms with Gasteiger partial charge in [-0.1, -0.05) is 24.3 Å². The summed E-state index contributed by atoms with van der Waals surface area (Å²) >= 11 is 5.32. The van der Waals surface area contributed by atoms with Gasteiger partial charge in [0, 0.05) is 23.5 Å². The summed E-state index contributed by atoms with van der Waals surface area (Å²) in [5.41, 5.74) is 5.96. The number of hydrogen-bond acceptors (Lipinski definition) is 6. The van der Waals surface area contributed by atoms with Gasteiger partial charge in [0.25, 0.3) is 0 Å². The molecule has 0 bridgehead atoms. The first kappa shape index (κ1) is 18.1. The molecule has 142 valence electrons. The number of aliphatic hydroxyl groups excluding tert-OH is 1. The van der Waals surface area contributed by atoms with E-state index in [1.165, 1.54) is 0 Å². The zero-order valence-electron chi connectivity index (χ0n) is 15.2. The molecule has 0 aliphatic carbocycles. The molecule has 0 aliphatic heterocycles. The number of pyridine rings is 1. The number of nitrogens with zero attached hydrogens (tertiary/aromatic N) is 3. The van der Waals surface area contributed by atoms with Crippen molar-refractivity contribution in [1.29, 1.82) is 0 Å². The highest BCUT2D eigenvalue weighted by molar-refractivity contribution is 7.71. The van der Waals surface area contributed by atoms with Gasteiger partial charge in [0.2, 0.25) is 4.77 Å². The predicted molar refractivity (Wildman–Crippen MR) is 108 cm³/mol. The Bertz CT molecular complexity index is 1110. The molecule has 3 aromatic heterocycles. The van der Waals surface area contributed by atoms with Gasteiger partial charge >= 0.3 is 0 Å². The van der Waals surface area contributed by atoms with Crippen molar-refractivity contribution in [1.82, 2.24) is 19.9 Å². The molecule has 0 spiro atoms. The van der Waals surface area contributed by atoms with E-state index in [1.54, 1.807) is 24.0 Å². The molecule has 28 heavy (non-hydrogen) atoms. The lowest BCUT2D eigenvalue weighted by molar-refractivity contribution is 0.199. The van der Waals surface area contributed by atoms with Crippen LogP contribution in [0, 0.1) is 4.77 Å². The van der Waals surface area contributed by atoms with Gasteiger partial charge in [0.05, 0.1) is 12.6 Å². The second-order valence-corrected chi connectivity index (χ2v) is 6.71. The van der Waals surface area contributed by atoms with Crippen molar-refractivity contribution >= 4 is 12.2 Å². The van der Waals surface area contributed by atoms with Gasteiger partial charge < -0.3 is 14.9 Å². The Labute approximate surface area is 166 Å². The minimum Gasteiger partial charge on any atom is -0.459 e. The molecule has 0 saturated carbocycles. The predicted octanol–water partition coefficient (Wildman–Crippen LogP) is 4.06. The van der Waals surface area contributed by atoms with E-state index in [9.17, 15) is 5.11 Å². The zero-order chi connectivity index (χ0) is 19.5. The van der Waals surface area contributed by atoms with Crippen molar-refractivity contribution < 1.29 is 9.52 Å². The van der Waals surface area contributed by atoms with Crippen LogP contribution >= 0.6 is 12.2 Å². The smallest absolute Gasteiger partial charge is 0.214 e. The van der Waals surface area contributed by atoms with Gasteiger partial charge in [0.1, 0.15) is 11.5 Å². The first-order valence-electron chi connectivity index (χ1n) is 8.80. The van der Waals surface area contributed by atoms with Crippen LogP contribution in [0.25, 0.3) is 22.7 Å². The number of H-pyrrole nitrogens is 1. The van der Waals surface area contributed by atoms with Crippen molar-refractivity contribution in [3.63, 3.8) is 0 Å². The Hall–Kier alpha value is -3.23. The average molecular weight is 393 g/mol. The van der Waals surface area contributed by atoms with Crippen LogP contribution in [0.3, 0.4) is 0 Å². The number of nitrogens with one attached hydrogen (secondary N) is 2. The molecule has 3 heterocycles. The Kier molecular flexibility index (Phi) is 5.05. The van der Waals surface area contributed by atoms with Crippen LogP contribution in [-0.2, 0) is 6.54 Å². The molecule has 0 aliphatic rings. The quantitative estimate of drug-likeness (QED) is 0.428. The maximum atomic E-state index is 9.62. The lowest BCUT2D eigenvalue weighted by Crippen LogP contribution is -2.15. The molecule has 0 saturated heterocycles. The monoisotopic (exact) mass is 393 g/mol. The van der Waals surface area contributed by atoms with E-state index in [0.717, 1.165) is 28.2 Å². The van der Waals surface area contributed by atoms with Crippen LogP contribution in [0.5, 0.6) is 0 Å². The molecule has 1 aromatic carbocycles. The second kappa shape index (κ2) is 7.79. The number of aliphatic hydroxyl groups is 1. The number of hydrogen-bond donors (Lipinski definition) is 3. The zero-order valence-corrected chi connectivity index (χ0v) is 16.0. The summed E-state index contributed by atoms with van der Waals surface area (Å²) in [7, 11) is 0. The topological polar surface area (TPSA) is 91.9 Å². The van der Waals surface area contributed by atoms with Gasteiger partial charge in [-0.05, 0) is 49.0 Å². The highest BCUT2D eigenvalue weighted by Gasteiger charge is 2.10. The van der Waals surface area contributed by atoms with Gasteiger partial charge in [-0.2, -0.15) is 5.10 Å². The van der Waals surface area contributed by atoms with Crippen molar-refractivity contribution in [2.45, 2.75) is 19.6 Å². The summed E-state index contributed by atoms with van der Waals surface area (Å²) in [6, 6.07) is 15.2. The second-order valence-electron chi connectivity index (χ2n) is 6.32. The van der Waals surface area contributed by atoms with Crippen LogP contribution in [-0.4, -0.2) is 25.0 Å². The summed E-state index contributed by atoms with van der Waals surface area (Å²) in [6.07, 6.45) is 2.93. The van der Waals surface area contributed by atoms with Gasteiger partial charge in [-0.25, -0.2) is 9.77 Å². The lowest BCUT2D eigenvalue weighted by Gasteiger charge is -2.08. The Morgan fingerprint density at radius 1 is 1.11 bits per heavy atom. The maximum absolute atomic E-state index is 9.62. The molecule has 0 unspecified atom stereocenters. The third-order valence-corrected chi connectivity index (χ3v) is 4.64. The van der Waals surface area contributed by atoms with Crippen LogP contribution in [0.2, 0.25) is 0 Å². The minimum atomic E-state index is -0.487. The van der Waals surface area contributed by atoms with Crippen LogP contribution in [0.1, 0.15) is 24.4 Å². The van der Waals surface area contributed by atoms with E-state index in [-0.39, 0.29) is 0 Å². The van der Waals surface area contributed by atoms with E-state index < -0.39 is 6.10 Å². The molecular formula is C20H19N5O2S. The summed E-state index contributed by atoms with van der Waals surface area (Å²) in [5.74, 6) is 2.20. The normalized spacial score (nSPS) is 12.1. The molecule has 0 amide bonds. The van der Waals surface area contributed by atoms with E-state index in [0.29, 0.717) is 17.1 Å². The number of furan rings is 1. The summed E-state index contributed by atoms with van der Waals surface area (Å²) in [5, 5.41) is 16.7. The molecule has 0 fully saturated rings. The number of benzene rings is 1. The maximum Gasteiger partial charge on any atom is 0.214 e. The van der Waals surface area contributed by atoms with E-state index in [1.807, 2.05) is 48.5 Å². The summed E-state index contributed by atoms with van der Waals surface area (Å²) in [4.78, 5) is 4.02. The number of aromatic amines is 1. The SMILES string of the molecule is C[C@@H](O)c1ccc(-c2ccc(CNn3c(-c4ccncc4)n[nH]c3=S)o2)cc1. The van der Waals surface area contributed by atoms with Gasteiger partial charge in [0.15, 0.2) is 5.82 Å². The molecule has 7 nitrogen and oxygen atoms in total. The van der Waals surface area contributed by atoms with E-state index in [4.69, 9.17) is 16.6 Å². The first-order chi connectivity index (χ1) is 13.6. The molecule has 4 aromatic rings. The highest BCUT2D eigenvalue weighted by Crippen LogP contribution is 2.24. The largest absolute Gasteiger partial charge is 0.459 e. The molecule has 1 atom stereocenters. The minimum absolute atomic E-state index is 0.442. The van der Waals surface area contributed by atoms with Crippen molar-refractivity contribution in [3.8, 4) is 22.7 Å². The van der Waals surface area contributed by atoms with Crippen LogP contribution < -0.4 is 5.43 Å². The third-order valence-electron chi connectivity index (χ3n) is 4.36. The average Bonchev–Trinajstić information content (AvgIpc) is 3.34. The van der Waals surface area contributed by atoms with Crippen LogP contribution in [0.15, 0.2) is 65.3 Å². The fraction of sp³-hybridized carbons (Fsp3) is 0.150. The van der Waals surface area contributed by atoms with Gasteiger partial charge in [-0.15, -0.1) is 0 Å². The third kappa shape index (κ3) is 3.73. The van der Waals surface area contributed by atoms with E-state index in [2.05, 4.69) is 20.6 Å². The molecule has 8 heteroatoms. The van der Waals surface area contributed by atoms with E-state index >= 15 is 0 Å². The highest BCUT2D eigenvalue weighted by atomic mass is 32.1. The standard InChI is InChI=1S/C20H19N5O2S/c1-13(26)14-2-4-15(5-3-14)18-7-6-17(27-18)12-22-25-19(23-24-20(25)28)16-8-10-21-11-9-16/h2-11,13,22,26H,12H2,1H3,(H,24,28)/t13-/m1/s1.